The van der Waals surface area contributed by atoms with Gasteiger partial charge in [0.15, 0.2) is 11.0 Å². The molecule has 7 heteroatoms. The normalized spacial score (nSPS) is 10.9. The molecule has 0 radical (unpaired) electrons. The van der Waals surface area contributed by atoms with Crippen LogP contribution < -0.4 is 4.74 Å². The summed E-state index contributed by atoms with van der Waals surface area (Å²) in [6, 6.07) is 18.2. The van der Waals surface area contributed by atoms with Crippen LogP contribution in [0.25, 0.3) is 10.6 Å². The number of ether oxygens (including phenoxy) is 1. The van der Waals surface area contributed by atoms with Crippen LogP contribution in [-0.4, -0.2) is 19.7 Å². The molecule has 2 heterocycles. The van der Waals surface area contributed by atoms with Crippen molar-refractivity contribution < 1.29 is 4.74 Å². The first kappa shape index (κ1) is 18.7. The highest BCUT2D eigenvalue weighted by molar-refractivity contribution is 7.98. The predicted octanol–water partition coefficient (Wildman–Crippen LogP) is 5.12. The Bertz CT molecular complexity index is 1060. The van der Waals surface area contributed by atoms with Crippen LogP contribution in [0.4, 0.5) is 0 Å². The lowest BCUT2D eigenvalue weighted by Crippen LogP contribution is -2.04. The van der Waals surface area contributed by atoms with Crippen LogP contribution in [0.2, 0.25) is 0 Å². The van der Waals surface area contributed by atoms with Gasteiger partial charge in [0.25, 0.3) is 0 Å². The maximum absolute atomic E-state index is 5.84. The summed E-state index contributed by atoms with van der Waals surface area (Å²) in [7, 11) is 1.97. The minimum atomic E-state index is 0.391. The van der Waals surface area contributed by atoms with Crippen LogP contribution in [0, 0.1) is 6.92 Å². The zero-order valence-corrected chi connectivity index (χ0v) is 17.3. The third kappa shape index (κ3) is 4.43. The maximum atomic E-state index is 5.84. The second-order valence-corrected chi connectivity index (χ2v) is 8.16. The van der Waals surface area contributed by atoms with E-state index < -0.39 is 0 Å². The Hall–Kier alpha value is -2.64. The van der Waals surface area contributed by atoms with Crippen molar-refractivity contribution in [3.63, 3.8) is 0 Å². The molecule has 2 aromatic heterocycles. The molecule has 2 aromatic carbocycles. The minimum Gasteiger partial charge on any atom is -0.486 e. The van der Waals surface area contributed by atoms with E-state index >= 15 is 0 Å². The zero-order chi connectivity index (χ0) is 19.3. The molecule has 0 amide bonds. The maximum Gasteiger partial charge on any atom is 0.191 e. The third-order valence-electron chi connectivity index (χ3n) is 4.20. The van der Waals surface area contributed by atoms with E-state index in [1.165, 1.54) is 5.56 Å². The number of thiazole rings is 1. The number of nitrogens with zero attached hydrogens (tertiary/aromatic N) is 4. The van der Waals surface area contributed by atoms with E-state index in [-0.39, 0.29) is 0 Å². The summed E-state index contributed by atoms with van der Waals surface area (Å²) in [5, 5.41) is 12.6. The first-order chi connectivity index (χ1) is 13.7. The Morgan fingerprint density at radius 2 is 1.93 bits per heavy atom. The summed E-state index contributed by atoms with van der Waals surface area (Å²) in [6.07, 6.45) is 0. The molecule has 0 bridgehead atoms. The first-order valence-electron chi connectivity index (χ1n) is 8.89. The average molecular weight is 409 g/mol. The summed E-state index contributed by atoms with van der Waals surface area (Å²) >= 11 is 3.30. The molecule has 28 heavy (non-hydrogen) atoms. The average Bonchev–Trinajstić information content (AvgIpc) is 3.32. The van der Waals surface area contributed by atoms with Gasteiger partial charge in [0.05, 0.1) is 5.69 Å². The lowest BCUT2D eigenvalue weighted by atomic mass is 10.2. The molecule has 0 saturated carbocycles. The second kappa shape index (κ2) is 8.58. The fraction of sp³-hybridized carbons (Fsp3) is 0.190. The largest absolute Gasteiger partial charge is 0.486 e. The topological polar surface area (TPSA) is 52.8 Å². The Morgan fingerprint density at radius 1 is 1.07 bits per heavy atom. The van der Waals surface area contributed by atoms with Gasteiger partial charge >= 0.3 is 0 Å². The molecule has 0 N–H and O–H groups in total. The highest BCUT2D eigenvalue weighted by atomic mass is 32.2. The Morgan fingerprint density at radius 3 is 2.75 bits per heavy atom. The van der Waals surface area contributed by atoms with Crippen molar-refractivity contribution in [1.29, 1.82) is 0 Å². The van der Waals surface area contributed by atoms with Crippen molar-refractivity contribution in [1.82, 2.24) is 19.7 Å². The molecule has 0 aliphatic carbocycles. The van der Waals surface area contributed by atoms with Gasteiger partial charge in [0.1, 0.15) is 17.4 Å². The minimum absolute atomic E-state index is 0.391. The zero-order valence-electron chi connectivity index (χ0n) is 15.7. The van der Waals surface area contributed by atoms with E-state index in [9.17, 15) is 0 Å². The van der Waals surface area contributed by atoms with Crippen LogP contribution in [0.5, 0.6) is 5.75 Å². The van der Waals surface area contributed by atoms with Gasteiger partial charge in [-0.05, 0) is 24.6 Å². The van der Waals surface area contributed by atoms with E-state index in [1.807, 2.05) is 61.0 Å². The molecular formula is C21H20N4OS2. The number of benzene rings is 2. The van der Waals surface area contributed by atoms with Crippen LogP contribution in [-0.2, 0) is 19.4 Å². The monoisotopic (exact) mass is 408 g/mol. The van der Waals surface area contributed by atoms with Crippen molar-refractivity contribution >= 4 is 23.1 Å². The number of rotatable bonds is 7. The molecule has 5 nitrogen and oxygen atoms in total. The summed E-state index contributed by atoms with van der Waals surface area (Å²) in [6.45, 7) is 2.44. The molecule has 4 aromatic rings. The van der Waals surface area contributed by atoms with Crippen molar-refractivity contribution in [3.8, 4) is 16.3 Å². The van der Waals surface area contributed by atoms with Gasteiger partial charge in [-0.15, -0.1) is 21.5 Å². The van der Waals surface area contributed by atoms with Gasteiger partial charge < -0.3 is 9.30 Å². The van der Waals surface area contributed by atoms with Crippen molar-refractivity contribution in [2.24, 2.45) is 7.05 Å². The molecule has 0 atom stereocenters. The molecular weight excluding hydrogens is 388 g/mol. The lowest BCUT2D eigenvalue weighted by molar-refractivity contribution is 0.290. The number of aryl methyl sites for hydroxylation is 1. The standard InChI is InChI=1S/C21H20N4OS2/c1-15-7-6-10-18(11-15)26-12-19-23-24-21(25(19)2)28-14-17-13-27-20(22-17)16-8-4-3-5-9-16/h3-11,13H,12,14H2,1-2H3. The number of hydrogen-bond acceptors (Lipinski definition) is 6. The van der Waals surface area contributed by atoms with E-state index in [2.05, 4.69) is 27.7 Å². The smallest absolute Gasteiger partial charge is 0.191 e. The third-order valence-corrected chi connectivity index (χ3v) is 6.20. The van der Waals surface area contributed by atoms with Gasteiger partial charge in [-0.1, -0.05) is 54.2 Å². The second-order valence-electron chi connectivity index (χ2n) is 6.36. The molecule has 142 valence electrons. The molecule has 0 saturated heterocycles. The summed E-state index contributed by atoms with van der Waals surface area (Å²) in [5.41, 5.74) is 3.37. The number of thioether (sulfide) groups is 1. The van der Waals surface area contributed by atoms with E-state index in [0.717, 1.165) is 38.7 Å². The van der Waals surface area contributed by atoms with Gasteiger partial charge in [-0.2, -0.15) is 0 Å². The molecule has 0 aliphatic heterocycles. The quantitative estimate of drug-likeness (QED) is 0.397. The molecule has 0 fully saturated rings. The van der Waals surface area contributed by atoms with E-state index in [1.54, 1.807) is 23.1 Å². The SMILES string of the molecule is Cc1cccc(OCc2nnc(SCc3csc(-c4ccccc4)n3)n2C)c1. The van der Waals surface area contributed by atoms with Crippen LogP contribution >= 0.6 is 23.1 Å². The predicted molar refractivity (Wildman–Crippen MR) is 114 cm³/mol. The Balaban J connectivity index is 1.36. The Labute approximate surface area is 172 Å². The van der Waals surface area contributed by atoms with E-state index in [4.69, 9.17) is 9.72 Å². The molecule has 4 rings (SSSR count). The fourth-order valence-corrected chi connectivity index (χ4v) is 4.43. The van der Waals surface area contributed by atoms with Crippen molar-refractivity contribution in [3.05, 3.63) is 77.1 Å². The van der Waals surface area contributed by atoms with Gasteiger partial charge in [-0.25, -0.2) is 4.98 Å². The summed E-state index contributed by atoms with van der Waals surface area (Å²) in [4.78, 5) is 4.73. The fourth-order valence-electron chi connectivity index (χ4n) is 2.67. The Kier molecular flexibility index (Phi) is 5.73. The van der Waals surface area contributed by atoms with Crippen LogP contribution in [0.15, 0.2) is 65.1 Å². The van der Waals surface area contributed by atoms with Gasteiger partial charge in [0.2, 0.25) is 0 Å². The number of aromatic nitrogens is 4. The molecule has 0 aliphatic rings. The molecule has 0 unspecified atom stereocenters. The highest BCUT2D eigenvalue weighted by Gasteiger charge is 2.12. The molecule has 0 spiro atoms. The van der Waals surface area contributed by atoms with Gasteiger partial charge in [0, 0.05) is 23.7 Å². The van der Waals surface area contributed by atoms with Gasteiger partial charge in [-0.3, -0.25) is 0 Å². The lowest BCUT2D eigenvalue weighted by Gasteiger charge is -2.07. The number of hydrogen-bond donors (Lipinski definition) is 0. The van der Waals surface area contributed by atoms with E-state index in [0.29, 0.717) is 6.61 Å². The first-order valence-corrected chi connectivity index (χ1v) is 10.8. The van der Waals surface area contributed by atoms with Crippen molar-refractivity contribution in [2.75, 3.05) is 0 Å². The van der Waals surface area contributed by atoms with Crippen molar-refractivity contribution in [2.45, 2.75) is 24.4 Å². The van der Waals surface area contributed by atoms with Crippen LogP contribution in [0.1, 0.15) is 17.1 Å². The van der Waals surface area contributed by atoms with Crippen LogP contribution in [0.3, 0.4) is 0 Å². The summed E-state index contributed by atoms with van der Waals surface area (Å²) < 4.78 is 7.82. The highest BCUT2D eigenvalue weighted by Crippen LogP contribution is 2.27. The summed E-state index contributed by atoms with van der Waals surface area (Å²) in [5.74, 6) is 2.40.